The van der Waals surface area contributed by atoms with Crippen LogP contribution in [0.5, 0.6) is 0 Å². The van der Waals surface area contributed by atoms with Gasteiger partial charge in [-0.15, -0.1) is 0 Å². The average molecular weight is 335 g/mol. The molecule has 3 heteroatoms. The SMILES string of the molecule is O=C(O)c1ccccc1C1CCN(C2CCCc3ccccc32)CC1. The fourth-order valence-corrected chi connectivity index (χ4v) is 4.68. The summed E-state index contributed by atoms with van der Waals surface area (Å²) in [6.45, 7) is 2.11. The highest BCUT2D eigenvalue weighted by Crippen LogP contribution is 2.38. The molecule has 0 bridgehead atoms. The number of nitrogens with zero attached hydrogens (tertiary/aromatic N) is 1. The van der Waals surface area contributed by atoms with Crippen molar-refractivity contribution in [3.05, 3.63) is 70.8 Å². The van der Waals surface area contributed by atoms with Gasteiger partial charge in [-0.25, -0.2) is 4.79 Å². The number of rotatable bonds is 3. The van der Waals surface area contributed by atoms with Gasteiger partial charge < -0.3 is 5.11 Å². The predicted molar refractivity (Wildman–Crippen MR) is 99.1 cm³/mol. The lowest BCUT2D eigenvalue weighted by Gasteiger charge is -2.40. The Hall–Kier alpha value is -2.13. The van der Waals surface area contributed by atoms with Gasteiger partial charge in [-0.3, -0.25) is 4.90 Å². The lowest BCUT2D eigenvalue weighted by atomic mass is 9.83. The lowest BCUT2D eigenvalue weighted by molar-refractivity contribution is 0.0693. The molecule has 25 heavy (non-hydrogen) atoms. The van der Waals surface area contributed by atoms with Gasteiger partial charge in [0.2, 0.25) is 0 Å². The van der Waals surface area contributed by atoms with Crippen LogP contribution in [0.2, 0.25) is 0 Å². The van der Waals surface area contributed by atoms with E-state index in [0.717, 1.165) is 31.5 Å². The maximum absolute atomic E-state index is 11.5. The molecule has 4 rings (SSSR count). The summed E-state index contributed by atoms with van der Waals surface area (Å²) in [5, 5.41) is 9.45. The molecule has 1 heterocycles. The Morgan fingerprint density at radius 2 is 1.60 bits per heavy atom. The molecule has 130 valence electrons. The third-order valence-electron chi connectivity index (χ3n) is 5.94. The minimum absolute atomic E-state index is 0.363. The maximum atomic E-state index is 11.5. The van der Waals surface area contributed by atoms with Crippen LogP contribution in [0.1, 0.15) is 64.7 Å². The van der Waals surface area contributed by atoms with Crippen molar-refractivity contribution in [3.63, 3.8) is 0 Å². The van der Waals surface area contributed by atoms with Crippen LogP contribution in [0.4, 0.5) is 0 Å². The van der Waals surface area contributed by atoms with Crippen molar-refractivity contribution >= 4 is 5.97 Å². The Balaban J connectivity index is 1.49. The Bertz CT molecular complexity index is 762. The van der Waals surface area contributed by atoms with Gasteiger partial charge in [-0.1, -0.05) is 42.5 Å². The summed E-state index contributed by atoms with van der Waals surface area (Å²) < 4.78 is 0. The Kier molecular flexibility index (Phi) is 4.58. The number of carboxylic acid groups (broad SMARTS) is 1. The molecule has 1 unspecified atom stereocenters. The minimum atomic E-state index is -0.806. The molecule has 1 saturated heterocycles. The second kappa shape index (κ2) is 7.01. The second-order valence-electron chi connectivity index (χ2n) is 7.31. The number of hydrogen-bond donors (Lipinski definition) is 1. The number of carboxylic acids is 1. The van der Waals surface area contributed by atoms with Crippen LogP contribution in [-0.2, 0) is 6.42 Å². The van der Waals surface area contributed by atoms with Gasteiger partial charge >= 0.3 is 5.97 Å². The van der Waals surface area contributed by atoms with Crippen LogP contribution in [-0.4, -0.2) is 29.1 Å². The molecule has 0 spiro atoms. The standard InChI is InChI=1S/C22H25NO2/c24-22(25)20-10-4-3-8-18(20)17-12-14-23(15-13-17)21-11-5-7-16-6-1-2-9-19(16)21/h1-4,6,8-10,17,21H,5,7,11-15H2,(H,24,25). The predicted octanol–water partition coefficient (Wildman–Crippen LogP) is 4.64. The number of piperidine rings is 1. The summed E-state index contributed by atoms with van der Waals surface area (Å²) >= 11 is 0. The van der Waals surface area contributed by atoms with Crippen LogP contribution in [0.15, 0.2) is 48.5 Å². The highest BCUT2D eigenvalue weighted by Gasteiger charge is 2.30. The molecular formula is C22H25NO2. The molecule has 2 aromatic rings. The van der Waals surface area contributed by atoms with Gasteiger partial charge in [0, 0.05) is 6.04 Å². The number of aromatic carboxylic acids is 1. The average Bonchev–Trinajstić information content (AvgIpc) is 2.68. The van der Waals surface area contributed by atoms with Gasteiger partial charge in [0.1, 0.15) is 0 Å². The van der Waals surface area contributed by atoms with Crippen LogP contribution in [0.3, 0.4) is 0 Å². The van der Waals surface area contributed by atoms with Crippen molar-refractivity contribution in [2.45, 2.75) is 44.1 Å². The van der Waals surface area contributed by atoms with E-state index in [-0.39, 0.29) is 0 Å². The van der Waals surface area contributed by atoms with Gasteiger partial charge in [0.25, 0.3) is 0 Å². The molecule has 3 nitrogen and oxygen atoms in total. The highest BCUT2D eigenvalue weighted by atomic mass is 16.4. The van der Waals surface area contributed by atoms with Crippen LogP contribution in [0, 0.1) is 0 Å². The van der Waals surface area contributed by atoms with E-state index in [9.17, 15) is 9.90 Å². The fraction of sp³-hybridized carbons (Fsp3) is 0.409. The third-order valence-corrected chi connectivity index (χ3v) is 5.94. The summed E-state index contributed by atoms with van der Waals surface area (Å²) in [5.74, 6) is -0.443. The maximum Gasteiger partial charge on any atom is 0.335 e. The number of likely N-dealkylation sites (tertiary alicyclic amines) is 1. The quantitative estimate of drug-likeness (QED) is 0.888. The van der Waals surface area contributed by atoms with E-state index in [4.69, 9.17) is 0 Å². The summed E-state index contributed by atoms with van der Waals surface area (Å²) in [6, 6.07) is 16.9. The zero-order chi connectivity index (χ0) is 17.2. The van der Waals surface area contributed by atoms with Gasteiger partial charge in [0.15, 0.2) is 0 Å². The largest absolute Gasteiger partial charge is 0.478 e. The zero-order valence-corrected chi connectivity index (χ0v) is 14.5. The molecule has 2 aromatic carbocycles. The minimum Gasteiger partial charge on any atom is -0.478 e. The first-order chi connectivity index (χ1) is 12.2. The van der Waals surface area contributed by atoms with Crippen molar-refractivity contribution in [2.75, 3.05) is 13.1 Å². The Morgan fingerprint density at radius 3 is 2.36 bits per heavy atom. The van der Waals surface area contributed by atoms with E-state index in [1.165, 1.54) is 30.4 Å². The number of benzene rings is 2. The molecule has 1 fully saturated rings. The van der Waals surface area contributed by atoms with Crippen LogP contribution < -0.4 is 0 Å². The topological polar surface area (TPSA) is 40.5 Å². The van der Waals surface area contributed by atoms with Crippen LogP contribution in [0.25, 0.3) is 0 Å². The summed E-state index contributed by atoms with van der Waals surface area (Å²) in [6.07, 6.45) is 5.80. The zero-order valence-electron chi connectivity index (χ0n) is 14.5. The smallest absolute Gasteiger partial charge is 0.335 e. The summed E-state index contributed by atoms with van der Waals surface area (Å²) in [5.41, 5.74) is 4.51. The molecule has 1 atom stereocenters. The second-order valence-corrected chi connectivity index (χ2v) is 7.31. The normalized spacial score (nSPS) is 21.7. The van der Waals surface area contributed by atoms with Gasteiger partial charge in [0.05, 0.1) is 5.56 Å². The van der Waals surface area contributed by atoms with E-state index >= 15 is 0 Å². The molecule has 0 amide bonds. The number of hydrogen-bond acceptors (Lipinski definition) is 2. The van der Waals surface area contributed by atoms with Crippen molar-refractivity contribution in [2.24, 2.45) is 0 Å². The number of aryl methyl sites for hydroxylation is 1. The van der Waals surface area contributed by atoms with Crippen molar-refractivity contribution in [3.8, 4) is 0 Å². The first kappa shape index (κ1) is 16.3. The first-order valence-electron chi connectivity index (χ1n) is 9.38. The van der Waals surface area contributed by atoms with E-state index in [0.29, 0.717) is 17.5 Å². The number of fused-ring (bicyclic) bond motifs is 1. The van der Waals surface area contributed by atoms with Crippen molar-refractivity contribution < 1.29 is 9.90 Å². The molecular weight excluding hydrogens is 310 g/mol. The van der Waals surface area contributed by atoms with Gasteiger partial charge in [-0.05, 0) is 73.9 Å². The molecule has 1 aliphatic heterocycles. The third kappa shape index (κ3) is 3.21. The van der Waals surface area contributed by atoms with E-state index in [1.807, 2.05) is 18.2 Å². The van der Waals surface area contributed by atoms with Crippen molar-refractivity contribution in [1.82, 2.24) is 4.90 Å². The number of carbonyl (C=O) groups is 1. The van der Waals surface area contributed by atoms with E-state index < -0.39 is 5.97 Å². The van der Waals surface area contributed by atoms with E-state index in [1.54, 1.807) is 6.07 Å². The first-order valence-corrected chi connectivity index (χ1v) is 9.38. The van der Waals surface area contributed by atoms with Gasteiger partial charge in [-0.2, -0.15) is 0 Å². The fourth-order valence-electron chi connectivity index (χ4n) is 4.68. The molecule has 0 saturated carbocycles. The Morgan fingerprint density at radius 1 is 0.920 bits per heavy atom. The highest BCUT2D eigenvalue weighted by molar-refractivity contribution is 5.89. The summed E-state index contributed by atoms with van der Waals surface area (Å²) in [7, 11) is 0. The molecule has 1 N–H and O–H groups in total. The Labute approximate surface area is 149 Å². The molecule has 0 aromatic heterocycles. The molecule has 0 radical (unpaired) electrons. The molecule has 2 aliphatic rings. The molecule has 1 aliphatic carbocycles. The monoisotopic (exact) mass is 335 g/mol. The lowest BCUT2D eigenvalue weighted by Crippen LogP contribution is -2.37. The van der Waals surface area contributed by atoms with E-state index in [2.05, 4.69) is 29.2 Å². The van der Waals surface area contributed by atoms with Crippen LogP contribution >= 0.6 is 0 Å². The van der Waals surface area contributed by atoms with Crippen molar-refractivity contribution in [1.29, 1.82) is 0 Å². The summed E-state index contributed by atoms with van der Waals surface area (Å²) in [4.78, 5) is 14.1.